The Hall–Kier alpha value is -1.59. The standard InChI is InChI=1S/C15H24N4O/c1-5-19(10(2)9-18(3)4)11-6-7-12-13(8-11)17-15(20)14(12)16/h6-8,10,14H,5,9,16H2,1-4H3,(H,17,20). The summed E-state index contributed by atoms with van der Waals surface area (Å²) in [4.78, 5) is 16.1. The summed E-state index contributed by atoms with van der Waals surface area (Å²) >= 11 is 0. The van der Waals surface area contributed by atoms with E-state index in [0.717, 1.165) is 30.0 Å². The van der Waals surface area contributed by atoms with Crippen LogP contribution in [0.5, 0.6) is 0 Å². The molecule has 1 aromatic rings. The highest BCUT2D eigenvalue weighted by Gasteiger charge is 2.27. The van der Waals surface area contributed by atoms with E-state index in [1.165, 1.54) is 0 Å². The molecule has 5 nitrogen and oxygen atoms in total. The molecule has 2 atom stereocenters. The van der Waals surface area contributed by atoms with Crippen LogP contribution in [0.15, 0.2) is 18.2 Å². The van der Waals surface area contributed by atoms with Gasteiger partial charge < -0.3 is 20.9 Å². The van der Waals surface area contributed by atoms with Gasteiger partial charge in [0.2, 0.25) is 5.91 Å². The Balaban J connectivity index is 2.24. The van der Waals surface area contributed by atoms with Gasteiger partial charge in [0.1, 0.15) is 6.04 Å². The molecular formula is C15H24N4O. The molecule has 1 aliphatic heterocycles. The van der Waals surface area contributed by atoms with Crippen LogP contribution in [-0.4, -0.2) is 44.0 Å². The van der Waals surface area contributed by atoms with Crippen molar-refractivity contribution in [3.8, 4) is 0 Å². The van der Waals surface area contributed by atoms with E-state index >= 15 is 0 Å². The number of hydrogen-bond donors (Lipinski definition) is 2. The number of rotatable bonds is 5. The van der Waals surface area contributed by atoms with Crippen LogP contribution in [0.3, 0.4) is 0 Å². The zero-order valence-corrected chi connectivity index (χ0v) is 12.7. The van der Waals surface area contributed by atoms with Crippen molar-refractivity contribution in [2.45, 2.75) is 25.9 Å². The molecule has 0 saturated heterocycles. The Morgan fingerprint density at radius 2 is 2.10 bits per heavy atom. The Kier molecular flexibility index (Phi) is 4.30. The van der Waals surface area contributed by atoms with E-state index in [9.17, 15) is 4.79 Å². The maximum Gasteiger partial charge on any atom is 0.245 e. The molecule has 0 bridgehead atoms. The molecule has 20 heavy (non-hydrogen) atoms. The van der Waals surface area contributed by atoms with E-state index in [2.05, 4.69) is 49.1 Å². The molecule has 1 aromatic carbocycles. The lowest BCUT2D eigenvalue weighted by molar-refractivity contribution is -0.116. The Bertz CT molecular complexity index is 501. The number of fused-ring (bicyclic) bond motifs is 1. The summed E-state index contributed by atoms with van der Waals surface area (Å²) in [6.45, 7) is 6.26. The molecule has 110 valence electrons. The molecule has 5 heteroatoms. The molecule has 0 radical (unpaired) electrons. The van der Waals surface area contributed by atoms with Crippen LogP contribution in [-0.2, 0) is 4.79 Å². The normalized spacial score (nSPS) is 18.9. The molecular weight excluding hydrogens is 252 g/mol. The van der Waals surface area contributed by atoms with Gasteiger partial charge in [0, 0.05) is 36.1 Å². The van der Waals surface area contributed by atoms with Gasteiger partial charge in [-0.05, 0) is 40.1 Å². The minimum absolute atomic E-state index is 0.124. The molecule has 2 rings (SSSR count). The zero-order valence-electron chi connectivity index (χ0n) is 12.7. The largest absolute Gasteiger partial charge is 0.368 e. The second-order valence-corrected chi connectivity index (χ2v) is 5.64. The predicted octanol–water partition coefficient (Wildman–Crippen LogP) is 1.41. The van der Waals surface area contributed by atoms with Crippen LogP contribution in [0, 0.1) is 0 Å². The number of carbonyl (C=O) groups is 1. The van der Waals surface area contributed by atoms with Gasteiger partial charge in [-0.25, -0.2) is 0 Å². The quantitative estimate of drug-likeness (QED) is 0.854. The molecule has 3 N–H and O–H groups in total. The molecule has 0 aromatic heterocycles. The van der Waals surface area contributed by atoms with E-state index in [-0.39, 0.29) is 5.91 Å². The van der Waals surface area contributed by atoms with Crippen molar-refractivity contribution < 1.29 is 4.79 Å². The fourth-order valence-corrected chi connectivity index (χ4v) is 2.83. The van der Waals surface area contributed by atoms with Crippen molar-refractivity contribution in [2.75, 3.05) is 37.4 Å². The highest BCUT2D eigenvalue weighted by molar-refractivity contribution is 6.02. The predicted molar refractivity (Wildman–Crippen MR) is 83.0 cm³/mol. The lowest BCUT2D eigenvalue weighted by atomic mass is 10.1. The highest BCUT2D eigenvalue weighted by Crippen LogP contribution is 2.33. The first-order chi connectivity index (χ1) is 9.43. The molecule has 2 unspecified atom stereocenters. The van der Waals surface area contributed by atoms with Gasteiger partial charge in [-0.3, -0.25) is 4.79 Å². The first kappa shape index (κ1) is 14.8. The van der Waals surface area contributed by atoms with Crippen LogP contribution in [0.1, 0.15) is 25.5 Å². The summed E-state index contributed by atoms with van der Waals surface area (Å²) in [5, 5.41) is 2.85. The molecule has 0 aliphatic carbocycles. The van der Waals surface area contributed by atoms with E-state index < -0.39 is 6.04 Å². The van der Waals surface area contributed by atoms with Crippen LogP contribution in [0.4, 0.5) is 11.4 Å². The summed E-state index contributed by atoms with van der Waals surface area (Å²) in [7, 11) is 4.15. The number of likely N-dealkylation sites (N-methyl/N-ethyl adjacent to an activating group) is 2. The zero-order chi connectivity index (χ0) is 14.9. The summed E-state index contributed by atoms with van der Waals surface area (Å²) in [6.07, 6.45) is 0. The lowest BCUT2D eigenvalue weighted by Crippen LogP contribution is -2.40. The smallest absolute Gasteiger partial charge is 0.245 e. The Morgan fingerprint density at radius 1 is 1.40 bits per heavy atom. The van der Waals surface area contributed by atoms with Gasteiger partial charge >= 0.3 is 0 Å². The lowest BCUT2D eigenvalue weighted by Gasteiger charge is -2.32. The first-order valence-electron chi connectivity index (χ1n) is 7.05. The number of hydrogen-bond acceptors (Lipinski definition) is 4. The van der Waals surface area contributed by atoms with E-state index in [1.54, 1.807) is 0 Å². The van der Waals surface area contributed by atoms with Crippen molar-refractivity contribution in [3.05, 3.63) is 23.8 Å². The van der Waals surface area contributed by atoms with Crippen LogP contribution in [0.25, 0.3) is 0 Å². The van der Waals surface area contributed by atoms with Gasteiger partial charge in [-0.2, -0.15) is 0 Å². The van der Waals surface area contributed by atoms with Crippen LogP contribution in [0.2, 0.25) is 0 Å². The highest BCUT2D eigenvalue weighted by atomic mass is 16.2. The number of nitrogens with zero attached hydrogens (tertiary/aromatic N) is 2. The van der Waals surface area contributed by atoms with Crippen LogP contribution >= 0.6 is 0 Å². The second-order valence-electron chi connectivity index (χ2n) is 5.64. The van der Waals surface area contributed by atoms with Crippen molar-refractivity contribution in [1.29, 1.82) is 0 Å². The third-order valence-electron chi connectivity index (χ3n) is 3.75. The Morgan fingerprint density at radius 3 is 2.70 bits per heavy atom. The van der Waals surface area contributed by atoms with Gasteiger partial charge in [-0.1, -0.05) is 6.07 Å². The van der Waals surface area contributed by atoms with Crippen molar-refractivity contribution >= 4 is 17.3 Å². The van der Waals surface area contributed by atoms with Crippen molar-refractivity contribution in [3.63, 3.8) is 0 Å². The average molecular weight is 276 g/mol. The maximum atomic E-state index is 11.6. The topological polar surface area (TPSA) is 61.6 Å². The minimum atomic E-state index is -0.534. The number of carbonyl (C=O) groups excluding carboxylic acids is 1. The molecule has 1 amide bonds. The first-order valence-corrected chi connectivity index (χ1v) is 7.05. The van der Waals surface area contributed by atoms with Crippen LogP contribution < -0.4 is 16.0 Å². The second kappa shape index (κ2) is 5.81. The summed E-state index contributed by atoms with van der Waals surface area (Å²) in [6, 6.07) is 5.90. The number of amides is 1. The van der Waals surface area contributed by atoms with Crippen molar-refractivity contribution in [2.24, 2.45) is 5.73 Å². The van der Waals surface area contributed by atoms with Crippen molar-refractivity contribution in [1.82, 2.24) is 4.90 Å². The minimum Gasteiger partial charge on any atom is -0.368 e. The fourth-order valence-electron chi connectivity index (χ4n) is 2.83. The molecule has 1 heterocycles. The molecule has 0 saturated carbocycles. The maximum absolute atomic E-state index is 11.6. The third-order valence-corrected chi connectivity index (χ3v) is 3.75. The third kappa shape index (κ3) is 2.78. The van der Waals surface area contributed by atoms with E-state index in [4.69, 9.17) is 5.73 Å². The number of nitrogens with one attached hydrogen (secondary N) is 1. The number of benzene rings is 1. The van der Waals surface area contributed by atoms with Gasteiger partial charge in [0.05, 0.1) is 0 Å². The molecule has 0 fully saturated rings. The summed E-state index contributed by atoms with van der Waals surface area (Å²) in [5.74, 6) is -0.124. The number of anilines is 2. The van der Waals surface area contributed by atoms with E-state index in [1.807, 2.05) is 12.1 Å². The monoisotopic (exact) mass is 276 g/mol. The van der Waals surface area contributed by atoms with Gasteiger partial charge in [-0.15, -0.1) is 0 Å². The summed E-state index contributed by atoms with van der Waals surface area (Å²) < 4.78 is 0. The Labute approximate surface area is 120 Å². The van der Waals surface area contributed by atoms with Gasteiger partial charge in [0.25, 0.3) is 0 Å². The SMILES string of the molecule is CCN(c1ccc2c(c1)NC(=O)C2N)C(C)CN(C)C. The fraction of sp³-hybridized carbons (Fsp3) is 0.533. The summed E-state index contributed by atoms with van der Waals surface area (Å²) in [5.41, 5.74) is 8.69. The molecule has 1 aliphatic rings. The molecule has 0 spiro atoms. The average Bonchev–Trinajstić information content (AvgIpc) is 2.65. The van der Waals surface area contributed by atoms with E-state index in [0.29, 0.717) is 6.04 Å². The van der Waals surface area contributed by atoms with Gasteiger partial charge in [0.15, 0.2) is 0 Å². The number of nitrogens with two attached hydrogens (primary N) is 1.